The lowest BCUT2D eigenvalue weighted by Gasteiger charge is -2.26. The van der Waals surface area contributed by atoms with Crippen LogP contribution in [0.25, 0.3) is 0 Å². The average Bonchev–Trinajstić information content (AvgIpc) is 3.21. The van der Waals surface area contributed by atoms with Gasteiger partial charge in [-0.15, -0.1) is 0 Å². The summed E-state index contributed by atoms with van der Waals surface area (Å²) in [6.07, 6.45) is 3.23. The van der Waals surface area contributed by atoms with E-state index in [1.54, 1.807) is 12.1 Å². The molecule has 1 aliphatic carbocycles. The van der Waals surface area contributed by atoms with Crippen molar-refractivity contribution in [1.29, 1.82) is 0 Å². The standard InChI is InChI=1S/C18H26FN3O/c1-22(2)16(13-4-3-5-14(19)10-13)12-21-17(23)15-11-18(15)6-8-20-9-7-18/h3-5,10,15-16,20H,6-9,11-12H2,1-2H3,(H,21,23). The van der Waals surface area contributed by atoms with Crippen LogP contribution < -0.4 is 10.6 Å². The first-order chi connectivity index (χ1) is 11.0. The van der Waals surface area contributed by atoms with Gasteiger partial charge in [-0.1, -0.05) is 12.1 Å². The summed E-state index contributed by atoms with van der Waals surface area (Å²) < 4.78 is 13.5. The second-order valence-electron chi connectivity index (χ2n) is 7.15. The first-order valence-electron chi connectivity index (χ1n) is 8.42. The Hall–Kier alpha value is -1.46. The van der Waals surface area contributed by atoms with Crippen LogP contribution in [-0.4, -0.2) is 44.5 Å². The molecule has 1 saturated heterocycles. The number of rotatable bonds is 5. The second kappa shape index (κ2) is 6.57. The van der Waals surface area contributed by atoms with E-state index in [1.165, 1.54) is 6.07 Å². The second-order valence-corrected chi connectivity index (χ2v) is 7.15. The zero-order valence-electron chi connectivity index (χ0n) is 13.9. The normalized spacial score (nSPS) is 23.7. The number of hydrogen-bond acceptors (Lipinski definition) is 3. The summed E-state index contributed by atoms with van der Waals surface area (Å²) in [4.78, 5) is 14.5. The maximum atomic E-state index is 13.5. The molecule has 1 aromatic rings. The minimum Gasteiger partial charge on any atom is -0.354 e. The van der Waals surface area contributed by atoms with Crippen LogP contribution in [0.1, 0.15) is 30.9 Å². The zero-order chi connectivity index (χ0) is 16.4. The summed E-state index contributed by atoms with van der Waals surface area (Å²) in [6, 6.07) is 6.60. The summed E-state index contributed by atoms with van der Waals surface area (Å²) in [5.41, 5.74) is 1.14. The molecule has 1 aromatic carbocycles. The molecule has 1 heterocycles. The van der Waals surface area contributed by atoms with Crippen molar-refractivity contribution in [1.82, 2.24) is 15.5 Å². The summed E-state index contributed by atoms with van der Waals surface area (Å²) in [6.45, 7) is 2.56. The van der Waals surface area contributed by atoms with Crippen LogP contribution in [0, 0.1) is 17.2 Å². The van der Waals surface area contributed by atoms with E-state index in [4.69, 9.17) is 0 Å². The van der Waals surface area contributed by atoms with Gasteiger partial charge in [0.25, 0.3) is 0 Å². The molecule has 3 rings (SSSR count). The van der Waals surface area contributed by atoms with Gasteiger partial charge in [-0.2, -0.15) is 0 Å². The molecular formula is C18H26FN3O. The quantitative estimate of drug-likeness (QED) is 0.872. The van der Waals surface area contributed by atoms with E-state index in [1.807, 2.05) is 25.1 Å². The van der Waals surface area contributed by atoms with Gasteiger partial charge >= 0.3 is 0 Å². The summed E-state index contributed by atoms with van der Waals surface area (Å²) in [5, 5.41) is 6.45. The van der Waals surface area contributed by atoms with E-state index in [0.717, 1.165) is 37.9 Å². The van der Waals surface area contributed by atoms with Gasteiger partial charge in [-0.25, -0.2) is 4.39 Å². The number of hydrogen-bond donors (Lipinski definition) is 2. The van der Waals surface area contributed by atoms with Crippen LogP contribution in [0.15, 0.2) is 24.3 Å². The number of carbonyl (C=O) groups is 1. The van der Waals surface area contributed by atoms with E-state index >= 15 is 0 Å². The maximum Gasteiger partial charge on any atom is 0.223 e. The predicted octanol–water partition coefficient (Wildman–Crippen LogP) is 1.93. The van der Waals surface area contributed by atoms with Gasteiger partial charge in [-0.3, -0.25) is 4.79 Å². The molecule has 23 heavy (non-hydrogen) atoms. The Labute approximate surface area is 137 Å². The third kappa shape index (κ3) is 3.56. The molecular weight excluding hydrogens is 293 g/mol. The molecule has 1 spiro atoms. The molecule has 0 radical (unpaired) electrons. The highest BCUT2D eigenvalue weighted by Gasteiger charge is 2.57. The Bertz CT molecular complexity index is 569. The monoisotopic (exact) mass is 319 g/mol. The van der Waals surface area contributed by atoms with Crippen molar-refractivity contribution in [2.24, 2.45) is 11.3 Å². The van der Waals surface area contributed by atoms with Crippen molar-refractivity contribution >= 4 is 5.91 Å². The molecule has 1 aliphatic heterocycles. The molecule has 2 fully saturated rings. The van der Waals surface area contributed by atoms with Crippen LogP contribution in [0.5, 0.6) is 0 Å². The van der Waals surface area contributed by atoms with Crippen molar-refractivity contribution in [3.63, 3.8) is 0 Å². The summed E-state index contributed by atoms with van der Waals surface area (Å²) >= 11 is 0. The van der Waals surface area contributed by atoms with Gasteiger partial charge in [0.2, 0.25) is 5.91 Å². The number of carbonyl (C=O) groups excluding carboxylic acids is 1. The molecule has 126 valence electrons. The highest BCUT2D eigenvalue weighted by Crippen LogP contribution is 2.58. The predicted molar refractivity (Wildman–Crippen MR) is 88.5 cm³/mol. The molecule has 2 N–H and O–H groups in total. The zero-order valence-corrected chi connectivity index (χ0v) is 13.9. The van der Waals surface area contributed by atoms with E-state index in [9.17, 15) is 9.18 Å². The molecule has 1 amide bonds. The Morgan fingerprint density at radius 2 is 2.17 bits per heavy atom. The third-order valence-electron chi connectivity index (χ3n) is 5.43. The van der Waals surface area contributed by atoms with Gasteiger partial charge in [-0.05, 0) is 69.6 Å². The van der Waals surface area contributed by atoms with E-state index < -0.39 is 0 Å². The SMILES string of the molecule is CN(C)C(CNC(=O)C1CC12CCNCC2)c1cccc(F)c1. The Balaban J connectivity index is 1.58. The van der Waals surface area contributed by atoms with Crippen LogP contribution in [0.2, 0.25) is 0 Å². The van der Waals surface area contributed by atoms with Crippen LogP contribution in [0.3, 0.4) is 0 Å². The fourth-order valence-corrected chi connectivity index (χ4v) is 3.83. The average molecular weight is 319 g/mol. The van der Waals surface area contributed by atoms with Crippen molar-refractivity contribution in [3.05, 3.63) is 35.6 Å². The number of amides is 1. The maximum absolute atomic E-state index is 13.5. The summed E-state index contributed by atoms with van der Waals surface area (Å²) in [5.74, 6) is 0.0894. The minimum atomic E-state index is -0.239. The fraction of sp³-hybridized carbons (Fsp3) is 0.611. The van der Waals surface area contributed by atoms with Gasteiger partial charge in [0.15, 0.2) is 0 Å². The van der Waals surface area contributed by atoms with Crippen LogP contribution in [-0.2, 0) is 4.79 Å². The van der Waals surface area contributed by atoms with E-state index in [-0.39, 0.29) is 29.1 Å². The molecule has 5 heteroatoms. The van der Waals surface area contributed by atoms with Crippen LogP contribution in [0.4, 0.5) is 4.39 Å². The van der Waals surface area contributed by atoms with Crippen molar-refractivity contribution < 1.29 is 9.18 Å². The molecule has 0 bridgehead atoms. The van der Waals surface area contributed by atoms with Gasteiger partial charge in [0.1, 0.15) is 5.82 Å². The molecule has 4 nitrogen and oxygen atoms in total. The fourth-order valence-electron chi connectivity index (χ4n) is 3.83. The van der Waals surface area contributed by atoms with Gasteiger partial charge in [0.05, 0.1) is 6.04 Å². The van der Waals surface area contributed by atoms with Crippen molar-refractivity contribution in [2.75, 3.05) is 33.7 Å². The van der Waals surface area contributed by atoms with E-state index in [0.29, 0.717) is 6.54 Å². The molecule has 2 atom stereocenters. The largest absolute Gasteiger partial charge is 0.354 e. The number of likely N-dealkylation sites (N-methyl/N-ethyl adjacent to an activating group) is 1. The number of piperidine rings is 1. The number of nitrogens with one attached hydrogen (secondary N) is 2. The lowest BCUT2D eigenvalue weighted by atomic mass is 9.91. The molecule has 1 saturated carbocycles. The molecule has 2 unspecified atom stereocenters. The smallest absolute Gasteiger partial charge is 0.223 e. The topological polar surface area (TPSA) is 44.4 Å². The summed E-state index contributed by atoms with van der Waals surface area (Å²) in [7, 11) is 3.90. The highest BCUT2D eigenvalue weighted by molar-refractivity contribution is 5.82. The Morgan fingerprint density at radius 3 is 2.83 bits per heavy atom. The first kappa shape index (κ1) is 16.4. The Kier molecular flexibility index (Phi) is 4.69. The number of halogens is 1. The highest BCUT2D eigenvalue weighted by atomic mass is 19.1. The number of benzene rings is 1. The number of nitrogens with zero attached hydrogens (tertiary/aromatic N) is 1. The minimum absolute atomic E-state index is 0.0163. The van der Waals surface area contributed by atoms with Gasteiger partial charge < -0.3 is 15.5 Å². The van der Waals surface area contributed by atoms with Crippen LogP contribution >= 0.6 is 0 Å². The Morgan fingerprint density at radius 1 is 1.43 bits per heavy atom. The molecule has 0 aromatic heterocycles. The lowest BCUT2D eigenvalue weighted by Crippen LogP contribution is -2.37. The van der Waals surface area contributed by atoms with Crippen molar-refractivity contribution in [2.45, 2.75) is 25.3 Å². The van der Waals surface area contributed by atoms with Gasteiger partial charge in [0, 0.05) is 12.5 Å². The van der Waals surface area contributed by atoms with E-state index in [2.05, 4.69) is 10.6 Å². The molecule has 2 aliphatic rings. The van der Waals surface area contributed by atoms with Crippen molar-refractivity contribution in [3.8, 4) is 0 Å². The lowest BCUT2D eigenvalue weighted by molar-refractivity contribution is -0.123. The third-order valence-corrected chi connectivity index (χ3v) is 5.43. The first-order valence-corrected chi connectivity index (χ1v) is 8.42.